The number of benzene rings is 1. The van der Waals surface area contributed by atoms with Gasteiger partial charge in [-0.25, -0.2) is 4.90 Å². The van der Waals surface area contributed by atoms with E-state index in [9.17, 15) is 18.4 Å². The third kappa shape index (κ3) is 2.06. The van der Waals surface area contributed by atoms with Gasteiger partial charge in [0.2, 0.25) is 11.8 Å². The number of carbonyl (C=O) groups excluding carboxylic acids is 2. The average molecular weight is 323 g/mol. The molecule has 5 nitrogen and oxygen atoms in total. The first-order chi connectivity index (χ1) is 11.0. The van der Waals surface area contributed by atoms with Gasteiger partial charge in [0.05, 0.1) is 29.7 Å². The predicted molar refractivity (Wildman–Crippen MR) is 75.2 cm³/mol. The predicted octanol–water partition coefficient (Wildman–Crippen LogP) is 2.26. The highest BCUT2D eigenvalue weighted by Crippen LogP contribution is 2.50. The van der Waals surface area contributed by atoms with Crippen LogP contribution < -0.4 is 9.64 Å². The molecule has 0 radical (unpaired) electrons. The summed E-state index contributed by atoms with van der Waals surface area (Å²) in [6.07, 6.45) is 1.03. The van der Waals surface area contributed by atoms with Crippen LogP contribution in [0.15, 0.2) is 18.2 Å². The van der Waals surface area contributed by atoms with Crippen molar-refractivity contribution in [3.05, 3.63) is 23.8 Å². The van der Waals surface area contributed by atoms with Gasteiger partial charge in [0, 0.05) is 0 Å². The van der Waals surface area contributed by atoms with Crippen molar-refractivity contribution in [3.8, 4) is 5.75 Å². The maximum Gasteiger partial charge on any atom is 0.387 e. The molecule has 7 heteroatoms. The molecule has 0 spiro atoms. The van der Waals surface area contributed by atoms with Crippen molar-refractivity contribution in [2.45, 2.75) is 38.6 Å². The number of anilines is 1. The second kappa shape index (κ2) is 4.99. The molecule has 4 atom stereocenters. The average Bonchev–Trinajstić information content (AvgIpc) is 3.15. The number of rotatable bonds is 3. The molecule has 0 unspecified atom stereocenters. The molecule has 0 aromatic heterocycles. The summed E-state index contributed by atoms with van der Waals surface area (Å²) < 4.78 is 35.4. The summed E-state index contributed by atoms with van der Waals surface area (Å²) in [7, 11) is 0. The minimum atomic E-state index is -3.02. The Bertz CT molecular complexity index is 665. The highest BCUT2D eigenvalue weighted by atomic mass is 19.3. The molecule has 3 saturated heterocycles. The number of imide groups is 1. The number of ether oxygens (including phenoxy) is 2. The zero-order valence-electron chi connectivity index (χ0n) is 12.4. The zero-order chi connectivity index (χ0) is 16.3. The second-order valence-electron chi connectivity index (χ2n) is 6.20. The van der Waals surface area contributed by atoms with Crippen LogP contribution in [0.4, 0.5) is 14.5 Å². The topological polar surface area (TPSA) is 55.8 Å². The van der Waals surface area contributed by atoms with Crippen LogP contribution in [-0.2, 0) is 14.3 Å². The normalized spacial score (nSPS) is 32.1. The molecule has 1 aromatic carbocycles. The number of carbonyl (C=O) groups is 2. The van der Waals surface area contributed by atoms with Crippen LogP contribution in [0.25, 0.3) is 0 Å². The van der Waals surface area contributed by atoms with Crippen molar-refractivity contribution in [3.63, 3.8) is 0 Å². The molecular formula is C16H15F2NO4. The maximum absolute atomic E-state index is 12.7. The third-order valence-corrected chi connectivity index (χ3v) is 4.86. The molecule has 2 bridgehead atoms. The molecule has 3 aliphatic heterocycles. The highest BCUT2D eigenvalue weighted by molar-refractivity contribution is 6.23. The van der Waals surface area contributed by atoms with Gasteiger partial charge < -0.3 is 9.47 Å². The van der Waals surface area contributed by atoms with Crippen LogP contribution in [0, 0.1) is 18.8 Å². The first kappa shape index (κ1) is 14.6. The van der Waals surface area contributed by atoms with E-state index in [2.05, 4.69) is 4.74 Å². The minimum Gasteiger partial charge on any atom is -0.433 e. The SMILES string of the molecule is Cc1ccc(OC(F)F)c(N2C(=O)[C@@H]3[C@H](C2=O)[C@H]2CC[C@@H]3O2)c1. The van der Waals surface area contributed by atoms with Crippen molar-refractivity contribution in [1.82, 2.24) is 0 Å². The summed E-state index contributed by atoms with van der Waals surface area (Å²) in [5.74, 6) is -1.92. The van der Waals surface area contributed by atoms with Gasteiger partial charge in [-0.05, 0) is 37.5 Å². The summed E-state index contributed by atoms with van der Waals surface area (Å²) in [6, 6.07) is 4.48. The second-order valence-corrected chi connectivity index (χ2v) is 6.20. The Morgan fingerprint density at radius 1 is 1.17 bits per heavy atom. The van der Waals surface area contributed by atoms with E-state index in [1.54, 1.807) is 13.0 Å². The van der Waals surface area contributed by atoms with Crippen LogP contribution in [0.2, 0.25) is 0 Å². The number of hydrogen-bond donors (Lipinski definition) is 0. The number of fused-ring (bicyclic) bond motifs is 5. The number of nitrogens with zero attached hydrogens (tertiary/aromatic N) is 1. The molecule has 0 aliphatic carbocycles. The Morgan fingerprint density at radius 2 is 1.78 bits per heavy atom. The molecule has 2 amide bonds. The number of alkyl halides is 2. The molecule has 3 heterocycles. The van der Waals surface area contributed by atoms with E-state index in [-0.39, 0.29) is 35.5 Å². The van der Waals surface area contributed by atoms with Gasteiger partial charge in [0.25, 0.3) is 0 Å². The molecule has 122 valence electrons. The van der Waals surface area contributed by atoms with Crippen molar-refractivity contribution in [2.24, 2.45) is 11.8 Å². The highest BCUT2D eigenvalue weighted by Gasteiger charge is 2.62. The van der Waals surface area contributed by atoms with Crippen LogP contribution in [0.5, 0.6) is 5.75 Å². The molecule has 23 heavy (non-hydrogen) atoms. The van der Waals surface area contributed by atoms with Crippen LogP contribution in [-0.4, -0.2) is 30.6 Å². The fraction of sp³-hybridized carbons (Fsp3) is 0.500. The van der Waals surface area contributed by atoms with Crippen molar-refractivity contribution >= 4 is 17.5 Å². The smallest absolute Gasteiger partial charge is 0.387 e. The Morgan fingerprint density at radius 3 is 2.35 bits per heavy atom. The summed E-state index contributed by atoms with van der Waals surface area (Å²) in [5.41, 5.74) is 0.840. The molecular weight excluding hydrogens is 308 g/mol. The lowest BCUT2D eigenvalue weighted by molar-refractivity contribution is -0.125. The lowest BCUT2D eigenvalue weighted by atomic mass is 9.81. The monoisotopic (exact) mass is 323 g/mol. The minimum absolute atomic E-state index is 0.0918. The van der Waals surface area contributed by atoms with Gasteiger partial charge in [-0.2, -0.15) is 8.78 Å². The number of halogens is 2. The lowest BCUT2D eigenvalue weighted by Gasteiger charge is -2.21. The quantitative estimate of drug-likeness (QED) is 0.801. The van der Waals surface area contributed by atoms with Gasteiger partial charge in [0.1, 0.15) is 5.75 Å². The van der Waals surface area contributed by atoms with E-state index in [0.717, 1.165) is 23.3 Å². The van der Waals surface area contributed by atoms with Crippen LogP contribution >= 0.6 is 0 Å². The zero-order valence-corrected chi connectivity index (χ0v) is 12.4. The van der Waals surface area contributed by atoms with Gasteiger partial charge in [-0.3, -0.25) is 9.59 Å². The first-order valence-corrected chi connectivity index (χ1v) is 7.56. The van der Waals surface area contributed by atoms with E-state index in [4.69, 9.17) is 4.74 Å². The fourth-order valence-corrected chi connectivity index (χ4v) is 3.95. The van der Waals surface area contributed by atoms with E-state index in [1.807, 2.05) is 0 Å². The van der Waals surface area contributed by atoms with Crippen molar-refractivity contribution < 1.29 is 27.8 Å². The van der Waals surface area contributed by atoms with E-state index < -0.39 is 18.4 Å². The van der Waals surface area contributed by atoms with Gasteiger partial charge >= 0.3 is 6.61 Å². The van der Waals surface area contributed by atoms with E-state index >= 15 is 0 Å². The van der Waals surface area contributed by atoms with E-state index in [0.29, 0.717) is 0 Å². The summed E-state index contributed by atoms with van der Waals surface area (Å²) in [5, 5.41) is 0. The van der Waals surface area contributed by atoms with Crippen LogP contribution in [0.1, 0.15) is 18.4 Å². The Kier molecular flexibility index (Phi) is 3.16. The van der Waals surface area contributed by atoms with Crippen LogP contribution in [0.3, 0.4) is 0 Å². The fourth-order valence-electron chi connectivity index (χ4n) is 3.95. The molecule has 0 saturated carbocycles. The Hall–Kier alpha value is -2.02. The number of hydrogen-bond acceptors (Lipinski definition) is 4. The number of amides is 2. The third-order valence-electron chi connectivity index (χ3n) is 4.86. The summed E-state index contributed by atoms with van der Waals surface area (Å²) >= 11 is 0. The maximum atomic E-state index is 12.7. The van der Waals surface area contributed by atoms with Gasteiger partial charge in [0.15, 0.2) is 0 Å². The van der Waals surface area contributed by atoms with Crippen molar-refractivity contribution in [1.29, 1.82) is 0 Å². The van der Waals surface area contributed by atoms with Crippen molar-refractivity contribution in [2.75, 3.05) is 4.90 Å². The Labute approximate surface area is 131 Å². The largest absolute Gasteiger partial charge is 0.433 e. The summed E-state index contributed by atoms with van der Waals surface area (Å²) in [6.45, 7) is -1.27. The van der Waals surface area contributed by atoms with Gasteiger partial charge in [-0.15, -0.1) is 0 Å². The summed E-state index contributed by atoms with van der Waals surface area (Å²) in [4.78, 5) is 26.4. The van der Waals surface area contributed by atoms with Gasteiger partial charge in [-0.1, -0.05) is 6.07 Å². The molecule has 4 rings (SSSR count). The molecule has 3 fully saturated rings. The lowest BCUT2D eigenvalue weighted by Crippen LogP contribution is -2.34. The molecule has 0 N–H and O–H groups in total. The standard InChI is InChI=1S/C16H15F2NO4/c1-7-2-3-9(23-16(17)18)8(6-7)19-14(20)12-10-4-5-11(22-10)13(12)15(19)21/h2-3,6,10-13,16H,4-5H2,1H3/t10-,11+,12-,13+. The number of aryl methyl sites for hydroxylation is 1. The molecule has 1 aromatic rings. The molecule has 3 aliphatic rings. The first-order valence-electron chi connectivity index (χ1n) is 7.56. The Balaban J connectivity index is 1.75. The van der Waals surface area contributed by atoms with E-state index in [1.165, 1.54) is 12.1 Å².